The fourth-order valence-electron chi connectivity index (χ4n) is 1.99. The molecule has 0 fully saturated rings. The third-order valence-corrected chi connectivity index (χ3v) is 2.78. The fraction of sp³-hybridized carbons (Fsp3) is 0.286. The Kier molecular flexibility index (Phi) is 2.63. The van der Waals surface area contributed by atoms with Gasteiger partial charge in [0.25, 0.3) is 0 Å². The van der Waals surface area contributed by atoms with Crippen LogP contribution in [0.15, 0.2) is 42.1 Å². The Bertz CT molecular complexity index is 425. The first kappa shape index (κ1) is 10.0. The Morgan fingerprint density at radius 2 is 2.00 bits per heavy atom. The van der Waals surface area contributed by atoms with Crippen LogP contribution in [-0.4, -0.2) is 19.0 Å². The maximum atomic E-state index is 2.24. The third-order valence-electron chi connectivity index (χ3n) is 2.78. The summed E-state index contributed by atoms with van der Waals surface area (Å²) < 4.78 is 0. The number of rotatable bonds is 2. The number of benzene rings is 1. The number of allylic oxidation sites excluding steroid dienone is 3. The lowest BCUT2D eigenvalue weighted by Crippen LogP contribution is -2.10. The molecular formula is C14H17N. The summed E-state index contributed by atoms with van der Waals surface area (Å²) in [6.45, 7) is 2.14. The Morgan fingerprint density at radius 3 is 2.67 bits per heavy atom. The zero-order chi connectivity index (χ0) is 10.8. The highest BCUT2D eigenvalue weighted by Gasteiger charge is 2.12. The van der Waals surface area contributed by atoms with Crippen LogP contribution in [0, 0.1) is 6.92 Å². The van der Waals surface area contributed by atoms with Crippen molar-refractivity contribution in [2.75, 3.05) is 14.1 Å². The maximum Gasteiger partial charge on any atom is 0.0245 e. The molecule has 1 aromatic carbocycles. The first-order chi connectivity index (χ1) is 7.18. The molecule has 0 saturated heterocycles. The minimum Gasteiger partial charge on any atom is -0.380 e. The standard InChI is InChI=1S/C14H17N/c1-11-6-4-7-12(10-11)13-8-5-9-14(13)15(2)3/h4-8,10H,9H2,1-3H3. The van der Waals surface area contributed by atoms with Gasteiger partial charge in [-0.25, -0.2) is 0 Å². The van der Waals surface area contributed by atoms with Crippen molar-refractivity contribution < 1.29 is 0 Å². The predicted molar refractivity (Wildman–Crippen MR) is 65.5 cm³/mol. The summed E-state index contributed by atoms with van der Waals surface area (Å²) in [7, 11) is 4.22. The van der Waals surface area contributed by atoms with E-state index in [4.69, 9.17) is 0 Å². The minimum absolute atomic E-state index is 1.05. The summed E-state index contributed by atoms with van der Waals surface area (Å²) >= 11 is 0. The molecule has 2 rings (SSSR count). The van der Waals surface area contributed by atoms with E-state index in [1.807, 2.05) is 0 Å². The van der Waals surface area contributed by atoms with Crippen molar-refractivity contribution in [1.29, 1.82) is 0 Å². The maximum absolute atomic E-state index is 2.24. The summed E-state index contributed by atoms with van der Waals surface area (Å²) in [6.07, 6.45) is 5.51. The van der Waals surface area contributed by atoms with E-state index >= 15 is 0 Å². The van der Waals surface area contributed by atoms with Crippen LogP contribution >= 0.6 is 0 Å². The van der Waals surface area contributed by atoms with Crippen molar-refractivity contribution >= 4 is 5.57 Å². The van der Waals surface area contributed by atoms with Crippen molar-refractivity contribution in [1.82, 2.24) is 4.90 Å². The van der Waals surface area contributed by atoms with Crippen LogP contribution in [0.25, 0.3) is 5.57 Å². The lowest BCUT2D eigenvalue weighted by molar-refractivity contribution is 0.507. The Hall–Kier alpha value is -1.50. The second-order valence-electron chi connectivity index (χ2n) is 4.23. The molecule has 1 aromatic rings. The van der Waals surface area contributed by atoms with Crippen LogP contribution in [0.1, 0.15) is 17.5 Å². The van der Waals surface area contributed by atoms with Crippen LogP contribution in [0.3, 0.4) is 0 Å². The molecule has 0 aliphatic heterocycles. The zero-order valence-corrected chi connectivity index (χ0v) is 9.62. The van der Waals surface area contributed by atoms with E-state index in [9.17, 15) is 0 Å². The van der Waals surface area contributed by atoms with Gasteiger partial charge in [-0.05, 0) is 12.5 Å². The second kappa shape index (κ2) is 3.93. The first-order valence-electron chi connectivity index (χ1n) is 5.32. The van der Waals surface area contributed by atoms with E-state index < -0.39 is 0 Å². The molecule has 0 heterocycles. The Labute approximate surface area is 91.7 Å². The van der Waals surface area contributed by atoms with Crippen molar-refractivity contribution in [3.05, 3.63) is 53.2 Å². The highest BCUT2D eigenvalue weighted by Crippen LogP contribution is 2.29. The van der Waals surface area contributed by atoms with Crippen molar-refractivity contribution in [2.45, 2.75) is 13.3 Å². The van der Waals surface area contributed by atoms with Crippen LogP contribution in [0.4, 0.5) is 0 Å². The first-order valence-corrected chi connectivity index (χ1v) is 5.32. The Balaban J connectivity index is 2.45. The molecule has 0 aromatic heterocycles. The van der Waals surface area contributed by atoms with E-state index in [1.165, 1.54) is 22.4 Å². The van der Waals surface area contributed by atoms with E-state index in [-0.39, 0.29) is 0 Å². The molecule has 1 nitrogen and oxygen atoms in total. The van der Waals surface area contributed by atoms with Gasteiger partial charge in [-0.2, -0.15) is 0 Å². The molecule has 0 spiro atoms. The average molecular weight is 199 g/mol. The third kappa shape index (κ3) is 1.96. The van der Waals surface area contributed by atoms with E-state index in [2.05, 4.69) is 62.3 Å². The van der Waals surface area contributed by atoms with Gasteiger partial charge >= 0.3 is 0 Å². The van der Waals surface area contributed by atoms with Gasteiger partial charge in [0.15, 0.2) is 0 Å². The van der Waals surface area contributed by atoms with Crippen LogP contribution < -0.4 is 0 Å². The normalized spacial score (nSPS) is 14.9. The predicted octanol–water partition coefficient (Wildman–Crippen LogP) is 3.23. The van der Waals surface area contributed by atoms with Gasteiger partial charge < -0.3 is 4.90 Å². The average Bonchev–Trinajstić information content (AvgIpc) is 2.65. The summed E-state index contributed by atoms with van der Waals surface area (Å²) in [6, 6.07) is 8.69. The molecule has 0 atom stereocenters. The molecular weight excluding hydrogens is 182 g/mol. The van der Waals surface area contributed by atoms with Crippen molar-refractivity contribution in [2.24, 2.45) is 0 Å². The van der Waals surface area contributed by atoms with Gasteiger partial charge in [-0.15, -0.1) is 0 Å². The number of aryl methyl sites for hydroxylation is 1. The highest BCUT2D eigenvalue weighted by molar-refractivity contribution is 5.79. The Morgan fingerprint density at radius 1 is 1.20 bits per heavy atom. The second-order valence-corrected chi connectivity index (χ2v) is 4.23. The summed E-state index contributed by atoms with van der Waals surface area (Å²) in [5, 5.41) is 0. The molecule has 15 heavy (non-hydrogen) atoms. The van der Waals surface area contributed by atoms with Gasteiger partial charge in [0.05, 0.1) is 0 Å². The molecule has 0 radical (unpaired) electrons. The smallest absolute Gasteiger partial charge is 0.0245 e. The molecule has 1 aliphatic carbocycles. The van der Waals surface area contributed by atoms with Gasteiger partial charge in [-0.3, -0.25) is 0 Å². The molecule has 78 valence electrons. The highest BCUT2D eigenvalue weighted by atomic mass is 15.1. The monoisotopic (exact) mass is 199 g/mol. The molecule has 1 heteroatoms. The summed E-state index contributed by atoms with van der Waals surface area (Å²) in [4.78, 5) is 2.21. The van der Waals surface area contributed by atoms with E-state index in [1.54, 1.807) is 0 Å². The van der Waals surface area contributed by atoms with E-state index in [0.29, 0.717) is 0 Å². The van der Waals surface area contributed by atoms with E-state index in [0.717, 1.165) is 6.42 Å². The lowest BCUT2D eigenvalue weighted by atomic mass is 10.0. The lowest BCUT2D eigenvalue weighted by Gasteiger charge is -2.17. The fourth-order valence-corrected chi connectivity index (χ4v) is 1.99. The van der Waals surface area contributed by atoms with Crippen LogP contribution in [0.2, 0.25) is 0 Å². The summed E-state index contributed by atoms with van der Waals surface area (Å²) in [5.41, 5.74) is 5.41. The SMILES string of the molecule is Cc1cccc(C2=C(N(C)C)CC=C2)c1. The van der Waals surface area contributed by atoms with Gasteiger partial charge in [-0.1, -0.05) is 42.0 Å². The van der Waals surface area contributed by atoms with Crippen molar-refractivity contribution in [3.8, 4) is 0 Å². The molecule has 0 amide bonds. The molecule has 0 bridgehead atoms. The van der Waals surface area contributed by atoms with Gasteiger partial charge in [0.1, 0.15) is 0 Å². The topological polar surface area (TPSA) is 3.24 Å². The van der Waals surface area contributed by atoms with Gasteiger partial charge in [0.2, 0.25) is 0 Å². The zero-order valence-electron chi connectivity index (χ0n) is 9.62. The minimum atomic E-state index is 1.05. The van der Waals surface area contributed by atoms with Crippen LogP contribution in [-0.2, 0) is 0 Å². The summed E-state index contributed by atoms with van der Waals surface area (Å²) in [5.74, 6) is 0. The quantitative estimate of drug-likeness (QED) is 0.707. The molecule has 0 saturated carbocycles. The molecule has 0 unspecified atom stereocenters. The largest absolute Gasteiger partial charge is 0.380 e. The van der Waals surface area contributed by atoms with Gasteiger partial charge in [0, 0.05) is 31.8 Å². The van der Waals surface area contributed by atoms with Crippen molar-refractivity contribution in [3.63, 3.8) is 0 Å². The number of hydrogen-bond donors (Lipinski definition) is 0. The number of hydrogen-bond acceptors (Lipinski definition) is 1. The number of nitrogens with zero attached hydrogens (tertiary/aromatic N) is 1. The van der Waals surface area contributed by atoms with Crippen LogP contribution in [0.5, 0.6) is 0 Å². The molecule has 0 N–H and O–H groups in total. The molecule has 1 aliphatic rings.